The Labute approximate surface area is 140 Å². The Kier molecular flexibility index (Phi) is 4.53. The fourth-order valence-electron chi connectivity index (χ4n) is 2.39. The Hall–Kier alpha value is -2.46. The molecular weight excluding hydrogens is 302 g/mol. The van der Waals surface area contributed by atoms with Crippen molar-refractivity contribution in [3.8, 4) is 21.7 Å². The maximum atomic E-state index is 4.41. The zero-order valence-corrected chi connectivity index (χ0v) is 14.3. The first kappa shape index (κ1) is 15.4. The lowest BCUT2D eigenvalue weighted by Crippen LogP contribution is -2.10. The van der Waals surface area contributed by atoms with Crippen LogP contribution in [0.4, 0.5) is 0 Å². The van der Waals surface area contributed by atoms with E-state index in [1.165, 1.54) is 21.7 Å². The predicted molar refractivity (Wildman–Crippen MR) is 98.5 cm³/mol. The molecule has 0 spiro atoms. The van der Waals surface area contributed by atoms with Gasteiger partial charge in [-0.1, -0.05) is 72.0 Å². The van der Waals surface area contributed by atoms with Crippen molar-refractivity contribution in [2.75, 3.05) is 0 Å². The van der Waals surface area contributed by atoms with Crippen LogP contribution in [0, 0.1) is 0 Å². The Morgan fingerprint density at radius 1 is 0.870 bits per heavy atom. The second-order valence-electron chi connectivity index (χ2n) is 5.50. The van der Waals surface area contributed by atoms with E-state index in [0.29, 0.717) is 0 Å². The normalized spacial score (nSPS) is 11.5. The molecule has 3 rings (SSSR count). The number of thiazole rings is 1. The number of rotatable bonds is 3. The van der Waals surface area contributed by atoms with Crippen LogP contribution in [0.25, 0.3) is 21.7 Å². The minimum Gasteiger partial charge on any atom is -0.318 e. The van der Waals surface area contributed by atoms with Gasteiger partial charge in [-0.25, -0.2) is 0 Å². The molecule has 0 saturated carbocycles. The summed E-state index contributed by atoms with van der Waals surface area (Å²) in [6.07, 6.45) is 0. The molecule has 0 atom stereocenters. The van der Waals surface area contributed by atoms with Gasteiger partial charge in [-0.3, -0.25) is 0 Å². The molecule has 0 unspecified atom stereocenters. The first-order chi connectivity index (χ1) is 11.2. The standard InChI is InChI=1S/C19H19N3S/c1-14(2)20-21-19-22(3)17(15-10-6-4-7-11-15)18(23-19)16-12-8-5-9-13-16/h4-13H,1-3H3. The molecule has 2 aromatic carbocycles. The summed E-state index contributed by atoms with van der Waals surface area (Å²) in [4.78, 5) is 2.10. The van der Waals surface area contributed by atoms with Gasteiger partial charge >= 0.3 is 0 Å². The van der Waals surface area contributed by atoms with Crippen LogP contribution >= 0.6 is 11.3 Å². The van der Waals surface area contributed by atoms with Crippen molar-refractivity contribution >= 4 is 17.0 Å². The summed E-state index contributed by atoms with van der Waals surface area (Å²) < 4.78 is 2.12. The van der Waals surface area contributed by atoms with Crippen molar-refractivity contribution < 1.29 is 0 Å². The van der Waals surface area contributed by atoms with Crippen LogP contribution in [0.3, 0.4) is 0 Å². The smallest absolute Gasteiger partial charge is 0.211 e. The summed E-state index contributed by atoms with van der Waals surface area (Å²) >= 11 is 1.67. The summed E-state index contributed by atoms with van der Waals surface area (Å²) in [6.45, 7) is 3.90. The average Bonchev–Trinajstić information content (AvgIpc) is 2.91. The number of nitrogens with zero attached hydrogens (tertiary/aromatic N) is 3. The van der Waals surface area contributed by atoms with E-state index < -0.39 is 0 Å². The van der Waals surface area contributed by atoms with Gasteiger partial charge in [0.05, 0.1) is 10.6 Å². The van der Waals surface area contributed by atoms with Gasteiger partial charge in [0.1, 0.15) is 0 Å². The zero-order valence-electron chi connectivity index (χ0n) is 13.5. The maximum absolute atomic E-state index is 4.41. The van der Waals surface area contributed by atoms with E-state index in [4.69, 9.17) is 0 Å². The second-order valence-corrected chi connectivity index (χ2v) is 6.48. The van der Waals surface area contributed by atoms with E-state index in [1.807, 2.05) is 33.0 Å². The van der Waals surface area contributed by atoms with E-state index in [9.17, 15) is 0 Å². The number of hydrogen-bond acceptors (Lipinski definition) is 3. The molecule has 3 aromatic rings. The zero-order chi connectivity index (χ0) is 16.2. The minimum atomic E-state index is 0.893. The SMILES string of the molecule is CC(C)=NN=c1sc(-c2ccccc2)c(-c2ccccc2)n1C. The Morgan fingerprint density at radius 3 is 2.00 bits per heavy atom. The largest absolute Gasteiger partial charge is 0.318 e. The predicted octanol–water partition coefficient (Wildman–Crippen LogP) is 4.72. The fraction of sp³-hybridized carbons (Fsp3) is 0.158. The van der Waals surface area contributed by atoms with Crippen molar-refractivity contribution in [2.24, 2.45) is 17.3 Å². The lowest BCUT2D eigenvalue weighted by Gasteiger charge is -2.07. The molecule has 1 aromatic heterocycles. The van der Waals surface area contributed by atoms with E-state index in [1.54, 1.807) is 11.3 Å². The molecule has 23 heavy (non-hydrogen) atoms. The van der Waals surface area contributed by atoms with Gasteiger partial charge in [0.2, 0.25) is 4.80 Å². The molecule has 0 aliphatic rings. The highest BCUT2D eigenvalue weighted by Crippen LogP contribution is 2.33. The summed E-state index contributed by atoms with van der Waals surface area (Å²) in [5.41, 5.74) is 4.50. The van der Waals surface area contributed by atoms with E-state index >= 15 is 0 Å². The van der Waals surface area contributed by atoms with Crippen LogP contribution in [-0.4, -0.2) is 10.3 Å². The van der Waals surface area contributed by atoms with Gasteiger partial charge in [-0.05, 0) is 25.0 Å². The van der Waals surface area contributed by atoms with Crippen molar-refractivity contribution in [3.63, 3.8) is 0 Å². The summed E-state index contributed by atoms with van der Waals surface area (Å²) in [5, 5.41) is 8.64. The second kappa shape index (κ2) is 6.75. The maximum Gasteiger partial charge on any atom is 0.211 e. The molecule has 0 N–H and O–H groups in total. The van der Waals surface area contributed by atoms with Gasteiger partial charge in [-0.15, -0.1) is 5.10 Å². The van der Waals surface area contributed by atoms with Crippen LogP contribution in [0.5, 0.6) is 0 Å². The quantitative estimate of drug-likeness (QED) is 0.494. The fourth-order valence-corrected chi connectivity index (χ4v) is 3.49. The van der Waals surface area contributed by atoms with Gasteiger partial charge in [0.25, 0.3) is 0 Å². The molecule has 0 aliphatic heterocycles. The summed E-state index contributed by atoms with van der Waals surface area (Å²) in [6, 6.07) is 20.9. The first-order valence-electron chi connectivity index (χ1n) is 7.52. The van der Waals surface area contributed by atoms with Gasteiger partial charge in [0, 0.05) is 12.8 Å². The van der Waals surface area contributed by atoms with Gasteiger partial charge in [0.15, 0.2) is 0 Å². The van der Waals surface area contributed by atoms with Crippen molar-refractivity contribution in [2.45, 2.75) is 13.8 Å². The molecule has 0 amide bonds. The highest BCUT2D eigenvalue weighted by molar-refractivity contribution is 7.13. The van der Waals surface area contributed by atoms with Gasteiger partial charge in [-0.2, -0.15) is 5.10 Å². The molecular formula is C19H19N3S. The molecule has 1 heterocycles. The lowest BCUT2D eigenvalue weighted by molar-refractivity contribution is 0.863. The molecule has 0 fully saturated rings. The van der Waals surface area contributed by atoms with Crippen LogP contribution in [0.2, 0.25) is 0 Å². The number of hydrogen-bond donors (Lipinski definition) is 0. The van der Waals surface area contributed by atoms with E-state index in [0.717, 1.165) is 10.5 Å². The van der Waals surface area contributed by atoms with Crippen LogP contribution < -0.4 is 4.80 Å². The molecule has 0 aliphatic carbocycles. The topological polar surface area (TPSA) is 29.6 Å². The number of benzene rings is 2. The highest BCUT2D eigenvalue weighted by Gasteiger charge is 2.14. The molecule has 4 heteroatoms. The van der Waals surface area contributed by atoms with Crippen LogP contribution in [0.15, 0.2) is 70.9 Å². The summed E-state index contributed by atoms with van der Waals surface area (Å²) in [7, 11) is 2.05. The number of aromatic nitrogens is 1. The van der Waals surface area contributed by atoms with E-state index in [-0.39, 0.29) is 0 Å². The van der Waals surface area contributed by atoms with Crippen molar-refractivity contribution in [1.29, 1.82) is 0 Å². The summed E-state index contributed by atoms with van der Waals surface area (Å²) in [5.74, 6) is 0. The molecule has 0 saturated heterocycles. The molecule has 0 radical (unpaired) electrons. The lowest BCUT2D eigenvalue weighted by atomic mass is 10.1. The highest BCUT2D eigenvalue weighted by atomic mass is 32.1. The Bertz CT molecular complexity index is 883. The third kappa shape index (κ3) is 3.32. The van der Waals surface area contributed by atoms with Crippen LogP contribution in [-0.2, 0) is 7.05 Å². The van der Waals surface area contributed by atoms with Crippen molar-refractivity contribution in [3.05, 3.63) is 65.5 Å². The Morgan fingerprint density at radius 2 is 1.43 bits per heavy atom. The average molecular weight is 321 g/mol. The van der Waals surface area contributed by atoms with Crippen LogP contribution in [0.1, 0.15) is 13.8 Å². The molecule has 3 nitrogen and oxygen atoms in total. The first-order valence-corrected chi connectivity index (χ1v) is 8.34. The molecule has 116 valence electrons. The minimum absolute atomic E-state index is 0.893. The van der Waals surface area contributed by atoms with Crippen molar-refractivity contribution in [1.82, 2.24) is 4.57 Å². The molecule has 0 bridgehead atoms. The third-order valence-corrected chi connectivity index (χ3v) is 4.62. The Balaban J connectivity index is 2.28. The third-order valence-electron chi connectivity index (χ3n) is 3.45. The van der Waals surface area contributed by atoms with Gasteiger partial charge < -0.3 is 4.57 Å². The van der Waals surface area contributed by atoms with E-state index in [2.05, 4.69) is 63.3 Å². The monoisotopic (exact) mass is 321 g/mol.